The second-order valence-electron chi connectivity index (χ2n) is 9.23. The SMILES string of the molecule is CCCCCCCCCCc1ccc(NC(=O)CCCNC(=O)OC(C)(C)C)c(N)c1. The molecule has 1 aromatic carbocycles. The summed E-state index contributed by atoms with van der Waals surface area (Å²) in [5, 5.41) is 5.51. The van der Waals surface area contributed by atoms with Crippen LogP contribution in [0.3, 0.4) is 0 Å². The van der Waals surface area contributed by atoms with Crippen LogP contribution in [0.25, 0.3) is 0 Å². The van der Waals surface area contributed by atoms with E-state index in [1.807, 2.05) is 39.0 Å². The van der Waals surface area contributed by atoms with Crippen LogP contribution < -0.4 is 16.4 Å². The summed E-state index contributed by atoms with van der Waals surface area (Å²) in [4.78, 5) is 23.7. The molecule has 1 aromatic rings. The molecule has 31 heavy (non-hydrogen) atoms. The van der Waals surface area contributed by atoms with Gasteiger partial charge in [-0.05, 0) is 57.7 Å². The third kappa shape index (κ3) is 13.6. The Balaban J connectivity index is 2.24. The summed E-state index contributed by atoms with van der Waals surface area (Å²) in [6, 6.07) is 5.88. The minimum absolute atomic E-state index is 0.117. The van der Waals surface area contributed by atoms with Gasteiger partial charge in [-0.1, -0.05) is 57.9 Å². The maximum absolute atomic E-state index is 12.2. The van der Waals surface area contributed by atoms with Crippen molar-refractivity contribution in [2.75, 3.05) is 17.6 Å². The Hall–Kier alpha value is -2.24. The summed E-state index contributed by atoms with van der Waals surface area (Å²) in [6.45, 7) is 8.06. The molecule has 0 saturated carbocycles. The monoisotopic (exact) mass is 433 g/mol. The Morgan fingerprint density at radius 2 is 1.61 bits per heavy atom. The number of aryl methyl sites for hydroxylation is 1. The van der Waals surface area contributed by atoms with Gasteiger partial charge in [-0.2, -0.15) is 0 Å². The van der Waals surface area contributed by atoms with Gasteiger partial charge in [0.1, 0.15) is 5.60 Å². The van der Waals surface area contributed by atoms with Gasteiger partial charge in [0.2, 0.25) is 5.91 Å². The number of hydrogen-bond donors (Lipinski definition) is 3. The third-order valence-electron chi connectivity index (χ3n) is 4.96. The van der Waals surface area contributed by atoms with E-state index >= 15 is 0 Å². The summed E-state index contributed by atoms with van der Waals surface area (Å²) in [7, 11) is 0. The lowest BCUT2D eigenvalue weighted by atomic mass is 10.0. The van der Waals surface area contributed by atoms with E-state index in [1.165, 1.54) is 56.9 Å². The Bertz CT molecular complexity index is 668. The van der Waals surface area contributed by atoms with Crippen molar-refractivity contribution in [1.29, 1.82) is 0 Å². The van der Waals surface area contributed by atoms with Crippen molar-refractivity contribution in [1.82, 2.24) is 5.32 Å². The summed E-state index contributed by atoms with van der Waals surface area (Å²) in [5.74, 6) is -0.117. The van der Waals surface area contributed by atoms with Gasteiger partial charge in [0, 0.05) is 13.0 Å². The highest BCUT2D eigenvalue weighted by atomic mass is 16.6. The number of unbranched alkanes of at least 4 members (excludes halogenated alkanes) is 7. The maximum Gasteiger partial charge on any atom is 0.407 e. The number of alkyl carbamates (subject to hydrolysis) is 1. The van der Waals surface area contributed by atoms with Crippen LogP contribution in [-0.4, -0.2) is 24.1 Å². The van der Waals surface area contributed by atoms with Crippen molar-refractivity contribution in [2.24, 2.45) is 0 Å². The van der Waals surface area contributed by atoms with Crippen LogP contribution in [0, 0.1) is 0 Å². The molecule has 0 bridgehead atoms. The van der Waals surface area contributed by atoms with E-state index in [2.05, 4.69) is 17.6 Å². The molecule has 176 valence electrons. The summed E-state index contributed by atoms with van der Waals surface area (Å²) in [6.07, 6.45) is 11.8. The number of nitrogens with two attached hydrogens (primary N) is 1. The van der Waals surface area contributed by atoms with Crippen molar-refractivity contribution >= 4 is 23.4 Å². The largest absolute Gasteiger partial charge is 0.444 e. The molecule has 0 aliphatic heterocycles. The number of ether oxygens (including phenoxy) is 1. The van der Waals surface area contributed by atoms with E-state index < -0.39 is 11.7 Å². The summed E-state index contributed by atoms with van der Waals surface area (Å²) >= 11 is 0. The molecule has 0 heterocycles. The number of anilines is 2. The number of amides is 2. The molecule has 4 N–H and O–H groups in total. The first-order chi connectivity index (χ1) is 14.7. The van der Waals surface area contributed by atoms with Crippen LogP contribution in [0.15, 0.2) is 18.2 Å². The molecule has 6 heteroatoms. The quantitative estimate of drug-likeness (QED) is 0.241. The van der Waals surface area contributed by atoms with Crippen LogP contribution in [0.2, 0.25) is 0 Å². The Morgan fingerprint density at radius 3 is 2.23 bits per heavy atom. The van der Waals surface area contributed by atoms with Gasteiger partial charge in [0.15, 0.2) is 0 Å². The highest BCUT2D eigenvalue weighted by molar-refractivity contribution is 5.93. The lowest BCUT2D eigenvalue weighted by Gasteiger charge is -2.19. The number of nitrogens with one attached hydrogen (secondary N) is 2. The van der Waals surface area contributed by atoms with Crippen molar-refractivity contribution in [3.63, 3.8) is 0 Å². The van der Waals surface area contributed by atoms with Gasteiger partial charge >= 0.3 is 6.09 Å². The maximum atomic E-state index is 12.2. The molecule has 6 nitrogen and oxygen atoms in total. The second kappa shape index (κ2) is 14.7. The lowest BCUT2D eigenvalue weighted by Crippen LogP contribution is -2.33. The highest BCUT2D eigenvalue weighted by Crippen LogP contribution is 2.22. The van der Waals surface area contributed by atoms with Crippen LogP contribution >= 0.6 is 0 Å². The van der Waals surface area contributed by atoms with Crippen molar-refractivity contribution in [3.8, 4) is 0 Å². The number of rotatable bonds is 14. The fourth-order valence-corrected chi connectivity index (χ4v) is 3.31. The van der Waals surface area contributed by atoms with Gasteiger partial charge in [0.05, 0.1) is 11.4 Å². The van der Waals surface area contributed by atoms with Gasteiger partial charge in [-0.15, -0.1) is 0 Å². The summed E-state index contributed by atoms with van der Waals surface area (Å²) in [5.41, 5.74) is 8.05. The molecular weight excluding hydrogens is 390 g/mol. The minimum Gasteiger partial charge on any atom is -0.444 e. The Kier molecular flexibility index (Phi) is 12.7. The van der Waals surface area contributed by atoms with E-state index in [9.17, 15) is 9.59 Å². The number of benzene rings is 1. The Labute approximate surface area is 188 Å². The first-order valence-corrected chi connectivity index (χ1v) is 11.9. The van der Waals surface area contributed by atoms with Crippen LogP contribution in [0.1, 0.15) is 97.5 Å². The highest BCUT2D eigenvalue weighted by Gasteiger charge is 2.15. The summed E-state index contributed by atoms with van der Waals surface area (Å²) < 4.78 is 5.16. The van der Waals surface area contributed by atoms with E-state index in [0.717, 1.165) is 6.42 Å². The fourth-order valence-electron chi connectivity index (χ4n) is 3.31. The van der Waals surface area contributed by atoms with Crippen molar-refractivity contribution in [3.05, 3.63) is 23.8 Å². The topological polar surface area (TPSA) is 93.5 Å². The van der Waals surface area contributed by atoms with Crippen LogP contribution in [-0.2, 0) is 16.0 Å². The second-order valence-corrected chi connectivity index (χ2v) is 9.23. The fraction of sp³-hybridized carbons (Fsp3) is 0.680. The van der Waals surface area contributed by atoms with Gasteiger partial charge < -0.3 is 21.1 Å². The normalized spacial score (nSPS) is 11.2. The molecule has 0 aliphatic rings. The first-order valence-electron chi connectivity index (χ1n) is 11.9. The standard InChI is InChI=1S/C25H43N3O3/c1-5-6-7-8-9-10-11-12-14-20-16-17-22(21(26)19-20)28-23(29)15-13-18-27-24(30)31-25(2,3)4/h16-17,19H,5-15,18,26H2,1-4H3,(H,27,30)(H,28,29). The number of hydrogen-bond acceptors (Lipinski definition) is 4. The predicted octanol–water partition coefficient (Wildman–Crippen LogP) is 6.20. The number of carbonyl (C=O) groups is 2. The van der Waals surface area contributed by atoms with Crippen LogP contribution in [0.5, 0.6) is 0 Å². The van der Waals surface area contributed by atoms with Gasteiger partial charge in [-0.25, -0.2) is 4.79 Å². The zero-order chi connectivity index (χ0) is 23.1. The first kappa shape index (κ1) is 26.8. The third-order valence-corrected chi connectivity index (χ3v) is 4.96. The van der Waals surface area contributed by atoms with E-state index in [-0.39, 0.29) is 5.91 Å². The predicted molar refractivity (Wildman–Crippen MR) is 129 cm³/mol. The average molecular weight is 434 g/mol. The smallest absolute Gasteiger partial charge is 0.407 e. The number of nitrogen functional groups attached to an aromatic ring is 1. The lowest BCUT2D eigenvalue weighted by molar-refractivity contribution is -0.116. The molecule has 0 aromatic heterocycles. The molecule has 1 rings (SSSR count). The minimum atomic E-state index is -0.528. The molecule has 0 spiro atoms. The van der Waals surface area contributed by atoms with Crippen molar-refractivity contribution < 1.29 is 14.3 Å². The molecule has 0 aliphatic carbocycles. The molecule has 0 radical (unpaired) electrons. The average Bonchev–Trinajstić information content (AvgIpc) is 2.68. The number of carbonyl (C=O) groups excluding carboxylic acids is 2. The van der Waals surface area contributed by atoms with Crippen molar-refractivity contribution in [2.45, 2.75) is 104 Å². The van der Waals surface area contributed by atoms with E-state index in [1.54, 1.807) is 0 Å². The molecule has 0 fully saturated rings. The molecule has 0 atom stereocenters. The molecule has 0 saturated heterocycles. The zero-order valence-electron chi connectivity index (χ0n) is 20.0. The molecule has 2 amide bonds. The van der Waals surface area contributed by atoms with E-state index in [4.69, 9.17) is 10.5 Å². The van der Waals surface area contributed by atoms with Gasteiger partial charge in [0.25, 0.3) is 0 Å². The molecule has 0 unspecified atom stereocenters. The van der Waals surface area contributed by atoms with Crippen LogP contribution in [0.4, 0.5) is 16.2 Å². The zero-order valence-corrected chi connectivity index (χ0v) is 20.0. The Morgan fingerprint density at radius 1 is 0.968 bits per heavy atom. The molecular formula is C25H43N3O3. The van der Waals surface area contributed by atoms with E-state index in [0.29, 0.717) is 30.8 Å². The van der Waals surface area contributed by atoms with Gasteiger partial charge in [-0.3, -0.25) is 4.79 Å².